The molecule has 0 spiro atoms. The fraction of sp³-hybridized carbons (Fsp3) is 0.688. The molecule has 8 heteroatoms. The summed E-state index contributed by atoms with van der Waals surface area (Å²) < 4.78 is 0. The lowest BCUT2D eigenvalue weighted by Gasteiger charge is -2.08. The zero-order chi connectivity index (χ0) is 18.3. The quantitative estimate of drug-likeness (QED) is 0.325. The number of carbonyl (C=O) groups excluding carboxylic acids is 1. The smallest absolute Gasteiger partial charge is 0.352 e. The van der Waals surface area contributed by atoms with Crippen molar-refractivity contribution in [3.63, 3.8) is 0 Å². The van der Waals surface area contributed by atoms with E-state index in [1.807, 2.05) is 13.8 Å². The van der Waals surface area contributed by atoms with E-state index in [9.17, 15) is 14.4 Å². The molecule has 2 unspecified atom stereocenters. The van der Waals surface area contributed by atoms with Crippen LogP contribution in [-0.4, -0.2) is 45.6 Å². The van der Waals surface area contributed by atoms with Gasteiger partial charge in [-0.05, 0) is 36.9 Å². The molecule has 0 aromatic carbocycles. The first-order chi connectivity index (χ1) is 11.1. The SMILES string of the molecule is CC1(C)CC1C(=O)NC(=CCCCCSCC(N)C(=O)O)C(=O)O. The van der Waals surface area contributed by atoms with Gasteiger partial charge in [0.1, 0.15) is 11.7 Å². The largest absolute Gasteiger partial charge is 0.480 e. The summed E-state index contributed by atoms with van der Waals surface area (Å²) in [6.45, 7) is 3.96. The van der Waals surface area contributed by atoms with Crippen molar-refractivity contribution >= 4 is 29.6 Å². The van der Waals surface area contributed by atoms with Crippen LogP contribution in [0.4, 0.5) is 0 Å². The first-order valence-electron chi connectivity index (χ1n) is 7.95. The van der Waals surface area contributed by atoms with Crippen LogP contribution in [0.3, 0.4) is 0 Å². The molecule has 0 aromatic heterocycles. The molecule has 1 aliphatic rings. The Morgan fingerprint density at radius 3 is 2.46 bits per heavy atom. The number of nitrogens with one attached hydrogen (secondary N) is 1. The maximum atomic E-state index is 12.0. The predicted octanol–water partition coefficient (Wildman–Crippen LogP) is 1.43. The average Bonchev–Trinajstić information content (AvgIpc) is 3.13. The molecule has 24 heavy (non-hydrogen) atoms. The number of aliphatic carboxylic acids is 2. The Kier molecular flexibility index (Phi) is 7.75. The summed E-state index contributed by atoms with van der Waals surface area (Å²) in [7, 11) is 0. The number of hydrogen-bond acceptors (Lipinski definition) is 5. The van der Waals surface area contributed by atoms with E-state index < -0.39 is 18.0 Å². The Morgan fingerprint density at radius 1 is 1.33 bits per heavy atom. The van der Waals surface area contributed by atoms with Gasteiger partial charge in [0.25, 0.3) is 0 Å². The van der Waals surface area contributed by atoms with Gasteiger partial charge in [0, 0.05) is 11.7 Å². The minimum atomic E-state index is -1.14. The van der Waals surface area contributed by atoms with E-state index in [-0.39, 0.29) is 22.9 Å². The van der Waals surface area contributed by atoms with E-state index in [0.717, 1.165) is 25.0 Å². The second kappa shape index (κ2) is 9.08. The Bertz CT molecular complexity index is 519. The van der Waals surface area contributed by atoms with Crippen molar-refractivity contribution in [2.24, 2.45) is 17.1 Å². The maximum Gasteiger partial charge on any atom is 0.352 e. The van der Waals surface area contributed by atoms with Crippen LogP contribution in [-0.2, 0) is 14.4 Å². The zero-order valence-corrected chi connectivity index (χ0v) is 14.9. The third-order valence-electron chi connectivity index (χ3n) is 4.02. The number of nitrogens with two attached hydrogens (primary N) is 1. The standard InChI is InChI=1S/C16H26N2O5S/c1-16(2)8-10(16)13(19)18-12(15(22)23)6-4-3-5-7-24-9-11(17)14(20)21/h6,10-11H,3-5,7-9,17H2,1-2H3,(H,18,19)(H,20,21)(H,22,23). The van der Waals surface area contributed by atoms with Crippen LogP contribution < -0.4 is 11.1 Å². The summed E-state index contributed by atoms with van der Waals surface area (Å²) in [6.07, 6.45) is 4.44. The lowest BCUT2D eigenvalue weighted by Crippen LogP contribution is -2.32. The molecular weight excluding hydrogens is 332 g/mol. The number of allylic oxidation sites excluding steroid dienone is 1. The van der Waals surface area contributed by atoms with Gasteiger partial charge < -0.3 is 21.3 Å². The predicted molar refractivity (Wildman–Crippen MR) is 92.5 cm³/mol. The molecule has 0 aliphatic heterocycles. The van der Waals surface area contributed by atoms with Crippen LogP contribution >= 0.6 is 11.8 Å². The molecule has 0 heterocycles. The highest BCUT2D eigenvalue weighted by Crippen LogP contribution is 2.51. The van der Waals surface area contributed by atoms with Gasteiger partial charge in [0.2, 0.25) is 5.91 Å². The highest BCUT2D eigenvalue weighted by molar-refractivity contribution is 7.99. The van der Waals surface area contributed by atoms with Gasteiger partial charge in [-0.3, -0.25) is 9.59 Å². The van der Waals surface area contributed by atoms with E-state index in [4.69, 9.17) is 15.9 Å². The van der Waals surface area contributed by atoms with Crippen molar-refractivity contribution in [1.29, 1.82) is 0 Å². The van der Waals surface area contributed by atoms with E-state index >= 15 is 0 Å². The fourth-order valence-electron chi connectivity index (χ4n) is 2.20. The van der Waals surface area contributed by atoms with Gasteiger partial charge in [0.05, 0.1) is 0 Å². The summed E-state index contributed by atoms with van der Waals surface area (Å²) in [6, 6.07) is -0.851. The molecule has 1 rings (SSSR count). The lowest BCUT2D eigenvalue weighted by molar-refractivity contribution is -0.138. The van der Waals surface area contributed by atoms with Crippen molar-refractivity contribution in [2.45, 2.75) is 45.6 Å². The molecule has 0 radical (unpaired) electrons. The summed E-state index contributed by atoms with van der Waals surface area (Å²) in [5.74, 6) is -1.37. The molecule has 2 atom stereocenters. The topological polar surface area (TPSA) is 130 Å². The average molecular weight is 358 g/mol. The second-order valence-corrected chi connectivity index (χ2v) is 7.82. The highest BCUT2D eigenvalue weighted by Gasteiger charge is 2.50. The van der Waals surface area contributed by atoms with Crippen molar-refractivity contribution < 1.29 is 24.6 Å². The van der Waals surface area contributed by atoms with Gasteiger partial charge in [-0.1, -0.05) is 19.9 Å². The number of carboxylic acids is 2. The number of carboxylic acid groups (broad SMARTS) is 2. The molecule has 136 valence electrons. The normalized spacial score (nSPS) is 20.3. The Morgan fingerprint density at radius 2 is 1.96 bits per heavy atom. The number of hydrogen-bond donors (Lipinski definition) is 4. The summed E-state index contributed by atoms with van der Waals surface area (Å²) in [4.78, 5) is 33.7. The van der Waals surface area contributed by atoms with Crippen LogP contribution in [0.5, 0.6) is 0 Å². The third-order valence-corrected chi connectivity index (χ3v) is 5.20. The monoisotopic (exact) mass is 358 g/mol. The van der Waals surface area contributed by atoms with Crippen molar-refractivity contribution in [1.82, 2.24) is 5.32 Å². The maximum absolute atomic E-state index is 12.0. The second-order valence-electron chi connectivity index (χ2n) is 6.67. The van der Waals surface area contributed by atoms with Gasteiger partial charge in [0.15, 0.2) is 0 Å². The molecule has 5 N–H and O–H groups in total. The number of rotatable bonds is 11. The van der Waals surface area contributed by atoms with Crippen LogP contribution in [0.15, 0.2) is 11.8 Å². The molecule has 0 saturated heterocycles. The third kappa shape index (κ3) is 6.92. The Labute approximate surface area is 146 Å². The van der Waals surface area contributed by atoms with Crippen molar-refractivity contribution in [3.8, 4) is 0 Å². The van der Waals surface area contributed by atoms with Crippen molar-refractivity contribution in [3.05, 3.63) is 11.8 Å². The van der Waals surface area contributed by atoms with Gasteiger partial charge in [-0.15, -0.1) is 0 Å². The van der Waals surface area contributed by atoms with Gasteiger partial charge in [-0.25, -0.2) is 4.79 Å². The molecular formula is C16H26N2O5S. The highest BCUT2D eigenvalue weighted by atomic mass is 32.2. The first kappa shape index (κ1) is 20.5. The van der Waals surface area contributed by atoms with E-state index in [0.29, 0.717) is 12.2 Å². The van der Waals surface area contributed by atoms with Crippen LogP contribution in [0.25, 0.3) is 0 Å². The Balaban J connectivity index is 2.25. The number of unbranched alkanes of at least 4 members (excludes halogenated alkanes) is 2. The zero-order valence-electron chi connectivity index (χ0n) is 14.1. The number of amides is 1. The minimum Gasteiger partial charge on any atom is -0.480 e. The first-order valence-corrected chi connectivity index (χ1v) is 9.11. The molecule has 1 aliphatic carbocycles. The number of carbonyl (C=O) groups is 3. The van der Waals surface area contributed by atoms with E-state index in [2.05, 4.69) is 5.32 Å². The summed E-state index contributed by atoms with van der Waals surface area (Å²) >= 11 is 1.46. The van der Waals surface area contributed by atoms with Gasteiger partial charge >= 0.3 is 11.9 Å². The fourth-order valence-corrected chi connectivity index (χ4v) is 3.17. The molecule has 0 aromatic rings. The molecule has 1 saturated carbocycles. The lowest BCUT2D eigenvalue weighted by atomic mass is 10.1. The van der Waals surface area contributed by atoms with E-state index in [1.54, 1.807) is 0 Å². The van der Waals surface area contributed by atoms with Crippen LogP contribution in [0.1, 0.15) is 39.5 Å². The van der Waals surface area contributed by atoms with E-state index in [1.165, 1.54) is 17.8 Å². The van der Waals surface area contributed by atoms with Crippen LogP contribution in [0.2, 0.25) is 0 Å². The minimum absolute atomic E-state index is 0.0400. The number of thioether (sulfide) groups is 1. The van der Waals surface area contributed by atoms with Crippen molar-refractivity contribution in [2.75, 3.05) is 11.5 Å². The Hall–Kier alpha value is -1.54. The van der Waals surface area contributed by atoms with Crippen LogP contribution in [0, 0.1) is 11.3 Å². The molecule has 0 bridgehead atoms. The molecule has 1 amide bonds. The molecule has 7 nitrogen and oxygen atoms in total. The summed E-state index contributed by atoms with van der Waals surface area (Å²) in [5, 5.41) is 20.3. The molecule has 1 fully saturated rings. The van der Waals surface area contributed by atoms with Gasteiger partial charge in [-0.2, -0.15) is 11.8 Å². The summed E-state index contributed by atoms with van der Waals surface area (Å²) in [5.41, 5.74) is 5.28.